The van der Waals surface area contributed by atoms with Gasteiger partial charge in [-0.1, -0.05) is 0 Å². The van der Waals surface area contributed by atoms with Crippen molar-refractivity contribution >= 4 is 33.6 Å². The van der Waals surface area contributed by atoms with E-state index in [0.717, 1.165) is 11.3 Å². The van der Waals surface area contributed by atoms with E-state index < -0.39 is 30.3 Å². The monoisotopic (exact) mass is 488 g/mol. The van der Waals surface area contributed by atoms with Crippen molar-refractivity contribution < 1.29 is 37.0 Å². The number of carbonyl (C=O) groups is 2. The topological polar surface area (TPSA) is 78.0 Å². The number of piperidine rings is 1. The van der Waals surface area contributed by atoms with Crippen molar-refractivity contribution in [1.29, 1.82) is 0 Å². The molecule has 33 heavy (non-hydrogen) atoms. The Labute approximate surface area is 193 Å². The molecule has 3 rings (SSSR count). The molecule has 2 aromatic heterocycles. The van der Waals surface area contributed by atoms with Crippen molar-refractivity contribution in [3.63, 3.8) is 0 Å². The lowest BCUT2D eigenvalue weighted by Gasteiger charge is -2.33. The van der Waals surface area contributed by atoms with Gasteiger partial charge in [-0.15, -0.1) is 11.3 Å². The molecule has 0 spiro atoms. The quantitative estimate of drug-likeness (QED) is 0.528. The molecule has 1 amide bonds. The molecule has 0 radical (unpaired) electrons. The Bertz CT molecular complexity index is 1010. The highest BCUT2D eigenvalue weighted by molar-refractivity contribution is 7.18. The Hall–Kier alpha value is -2.56. The molecule has 182 valence electrons. The molecule has 0 N–H and O–H groups in total. The van der Waals surface area contributed by atoms with Gasteiger partial charge in [0, 0.05) is 37.0 Å². The Morgan fingerprint density at radius 2 is 1.88 bits per heavy atom. The van der Waals surface area contributed by atoms with Crippen molar-refractivity contribution in [3.05, 3.63) is 22.7 Å². The number of aromatic nitrogens is 1. The first-order valence-corrected chi connectivity index (χ1v) is 11.5. The molecule has 7 nitrogen and oxygen atoms in total. The molecule has 11 heteroatoms. The standard InChI is InChI=1S/C22H27F3N2O5S/c1-5-30-19(28)16-12-26-18-15(10-14(33-18)11-22(23,24)25)17(16)31-13-6-8-27(9-7-13)20(29)32-21(2,3)4/h10,12-13H,5-9,11H2,1-4H3. The third kappa shape index (κ3) is 6.72. The lowest BCUT2D eigenvalue weighted by Crippen LogP contribution is -2.44. The van der Waals surface area contributed by atoms with E-state index in [-0.39, 0.29) is 28.9 Å². The van der Waals surface area contributed by atoms with Gasteiger partial charge in [0.05, 0.1) is 18.4 Å². The van der Waals surface area contributed by atoms with Crippen LogP contribution in [-0.4, -0.2) is 59.5 Å². The predicted octanol–water partition coefficient (Wildman–Crippen LogP) is 5.36. The van der Waals surface area contributed by atoms with Crippen LogP contribution >= 0.6 is 11.3 Å². The summed E-state index contributed by atoms with van der Waals surface area (Å²) in [6.45, 7) is 7.95. The summed E-state index contributed by atoms with van der Waals surface area (Å²) in [5.74, 6) is -0.490. The van der Waals surface area contributed by atoms with Crippen molar-refractivity contribution in [2.24, 2.45) is 0 Å². The fourth-order valence-corrected chi connectivity index (χ4v) is 4.46. The number of carbonyl (C=O) groups excluding carboxylic acids is 2. The minimum atomic E-state index is -4.36. The number of amides is 1. The molecule has 3 heterocycles. The second-order valence-corrected chi connectivity index (χ2v) is 9.84. The van der Waals surface area contributed by atoms with Gasteiger partial charge in [-0.05, 0) is 33.8 Å². The first-order valence-electron chi connectivity index (χ1n) is 10.7. The highest BCUT2D eigenvalue weighted by atomic mass is 32.1. The van der Waals surface area contributed by atoms with Crippen LogP contribution in [-0.2, 0) is 15.9 Å². The van der Waals surface area contributed by atoms with Crippen LogP contribution in [0.3, 0.4) is 0 Å². The van der Waals surface area contributed by atoms with E-state index >= 15 is 0 Å². The maximum Gasteiger partial charge on any atom is 0.410 e. The number of hydrogen-bond donors (Lipinski definition) is 0. The SMILES string of the molecule is CCOC(=O)c1cnc2sc(CC(F)(F)F)cc2c1OC1CCN(C(=O)OC(C)(C)C)CC1. The van der Waals surface area contributed by atoms with Gasteiger partial charge < -0.3 is 19.1 Å². The summed E-state index contributed by atoms with van der Waals surface area (Å²) < 4.78 is 55.3. The number of likely N-dealkylation sites (tertiary alicyclic amines) is 1. The lowest BCUT2D eigenvalue weighted by molar-refractivity contribution is -0.126. The molecule has 0 atom stereocenters. The Balaban J connectivity index is 1.82. The third-order valence-corrected chi connectivity index (χ3v) is 5.85. The summed E-state index contributed by atoms with van der Waals surface area (Å²) in [6.07, 6.45) is -3.96. The van der Waals surface area contributed by atoms with Crippen LogP contribution < -0.4 is 4.74 Å². The highest BCUT2D eigenvalue weighted by Crippen LogP contribution is 2.38. The summed E-state index contributed by atoms with van der Waals surface area (Å²) in [5.41, 5.74) is -0.537. The summed E-state index contributed by atoms with van der Waals surface area (Å²) in [6, 6.07) is 1.37. The van der Waals surface area contributed by atoms with Gasteiger partial charge >= 0.3 is 18.2 Å². The van der Waals surface area contributed by atoms with Gasteiger partial charge in [0.2, 0.25) is 0 Å². The van der Waals surface area contributed by atoms with Gasteiger partial charge in [-0.3, -0.25) is 0 Å². The van der Waals surface area contributed by atoms with Gasteiger partial charge in [0.25, 0.3) is 0 Å². The smallest absolute Gasteiger partial charge is 0.410 e. The lowest BCUT2D eigenvalue weighted by atomic mass is 10.1. The van der Waals surface area contributed by atoms with Crippen LogP contribution in [0.15, 0.2) is 12.3 Å². The minimum absolute atomic E-state index is 0.0651. The van der Waals surface area contributed by atoms with Crippen LogP contribution in [0.4, 0.5) is 18.0 Å². The molecule has 1 saturated heterocycles. The number of fused-ring (bicyclic) bond motifs is 1. The van der Waals surface area contributed by atoms with Gasteiger partial charge in [0.1, 0.15) is 27.8 Å². The predicted molar refractivity (Wildman–Crippen MR) is 117 cm³/mol. The van der Waals surface area contributed by atoms with Crippen LogP contribution in [0, 0.1) is 0 Å². The number of pyridine rings is 1. The van der Waals surface area contributed by atoms with Gasteiger partial charge in [-0.25, -0.2) is 14.6 Å². The Kier molecular flexibility index (Phi) is 7.40. The molecule has 2 aromatic rings. The molecule has 0 bridgehead atoms. The van der Waals surface area contributed by atoms with E-state index in [1.165, 1.54) is 12.3 Å². The van der Waals surface area contributed by atoms with Crippen molar-refractivity contribution in [2.75, 3.05) is 19.7 Å². The zero-order valence-corrected chi connectivity index (χ0v) is 19.8. The maximum absolute atomic E-state index is 12.9. The summed E-state index contributed by atoms with van der Waals surface area (Å²) in [7, 11) is 0. The average Bonchev–Trinajstić information content (AvgIpc) is 3.08. The first-order chi connectivity index (χ1) is 15.4. The fourth-order valence-electron chi connectivity index (χ4n) is 3.43. The normalized spacial score (nSPS) is 15.5. The highest BCUT2D eigenvalue weighted by Gasteiger charge is 2.32. The minimum Gasteiger partial charge on any atom is -0.489 e. The second-order valence-electron chi connectivity index (χ2n) is 8.73. The van der Waals surface area contributed by atoms with E-state index in [1.807, 2.05) is 0 Å². The molecule has 1 aliphatic heterocycles. The molecule has 1 aliphatic rings. The van der Waals surface area contributed by atoms with Crippen LogP contribution in [0.2, 0.25) is 0 Å². The Morgan fingerprint density at radius 1 is 1.21 bits per heavy atom. The van der Waals surface area contributed by atoms with Crippen LogP contribution in [0.5, 0.6) is 5.75 Å². The molecule has 0 saturated carbocycles. The molecular formula is C22H27F3N2O5S. The van der Waals surface area contributed by atoms with Gasteiger partial charge in [0.15, 0.2) is 0 Å². The number of ether oxygens (including phenoxy) is 3. The zero-order chi connectivity index (χ0) is 24.4. The van der Waals surface area contributed by atoms with Crippen molar-refractivity contribution in [2.45, 2.75) is 64.8 Å². The van der Waals surface area contributed by atoms with E-state index in [0.29, 0.717) is 36.1 Å². The molecule has 0 aromatic carbocycles. The zero-order valence-electron chi connectivity index (χ0n) is 19.0. The number of alkyl halides is 3. The molecule has 0 aliphatic carbocycles. The van der Waals surface area contributed by atoms with Crippen LogP contribution in [0.1, 0.15) is 55.8 Å². The van der Waals surface area contributed by atoms with Crippen LogP contribution in [0.25, 0.3) is 10.2 Å². The van der Waals surface area contributed by atoms with E-state index in [1.54, 1.807) is 32.6 Å². The largest absolute Gasteiger partial charge is 0.489 e. The Morgan fingerprint density at radius 3 is 2.45 bits per heavy atom. The van der Waals surface area contributed by atoms with E-state index in [4.69, 9.17) is 14.2 Å². The summed E-state index contributed by atoms with van der Waals surface area (Å²) in [4.78, 5) is 30.9. The van der Waals surface area contributed by atoms with Crippen molar-refractivity contribution in [1.82, 2.24) is 9.88 Å². The first kappa shape index (κ1) is 25.1. The third-order valence-electron chi connectivity index (χ3n) is 4.81. The second kappa shape index (κ2) is 9.74. The number of hydrogen-bond acceptors (Lipinski definition) is 7. The number of nitrogens with zero attached hydrogens (tertiary/aromatic N) is 2. The maximum atomic E-state index is 12.9. The molecule has 0 unspecified atom stereocenters. The number of thiophene rings is 1. The summed E-state index contributed by atoms with van der Waals surface area (Å²) >= 11 is 0.911. The number of esters is 1. The number of rotatable bonds is 5. The average molecular weight is 489 g/mol. The molecule has 1 fully saturated rings. The van der Waals surface area contributed by atoms with E-state index in [9.17, 15) is 22.8 Å². The fraction of sp³-hybridized carbons (Fsp3) is 0.591. The molecular weight excluding hydrogens is 461 g/mol. The summed E-state index contributed by atoms with van der Waals surface area (Å²) in [5, 5.41) is 0.347. The van der Waals surface area contributed by atoms with Gasteiger partial charge in [-0.2, -0.15) is 13.2 Å². The van der Waals surface area contributed by atoms with Crippen molar-refractivity contribution in [3.8, 4) is 5.75 Å². The van der Waals surface area contributed by atoms with E-state index in [2.05, 4.69) is 4.98 Å². The number of halogens is 3.